The number of benzene rings is 1. The molecule has 0 saturated carbocycles. The molecule has 76 valence electrons. The van der Waals surface area contributed by atoms with Crippen molar-refractivity contribution in [1.29, 1.82) is 0 Å². The molecule has 1 aromatic rings. The van der Waals surface area contributed by atoms with Crippen molar-refractivity contribution in [2.75, 3.05) is 6.54 Å². The standard InChI is InChI=1S/C13H19N/c1-11-7-8-14-13(9-11)10-12-5-3-2-4-6-12/h2-6,11,13-14H,7-10H2,1H3/t11?,13-/m0/s1. The van der Waals surface area contributed by atoms with Gasteiger partial charge in [0.1, 0.15) is 0 Å². The highest BCUT2D eigenvalue weighted by atomic mass is 14.9. The predicted molar refractivity (Wildman–Crippen MR) is 60.3 cm³/mol. The average Bonchev–Trinajstić information content (AvgIpc) is 2.19. The van der Waals surface area contributed by atoms with Gasteiger partial charge >= 0.3 is 0 Å². The van der Waals surface area contributed by atoms with Crippen LogP contribution in [0.25, 0.3) is 0 Å². The Morgan fingerprint density at radius 3 is 2.79 bits per heavy atom. The van der Waals surface area contributed by atoms with Crippen LogP contribution in [0.5, 0.6) is 0 Å². The topological polar surface area (TPSA) is 12.0 Å². The molecule has 1 aliphatic rings. The molecule has 0 spiro atoms. The molecule has 1 nitrogen and oxygen atoms in total. The maximum absolute atomic E-state index is 3.60. The number of nitrogens with one attached hydrogen (secondary N) is 1. The van der Waals surface area contributed by atoms with Gasteiger partial charge < -0.3 is 5.32 Å². The summed E-state index contributed by atoms with van der Waals surface area (Å²) in [6, 6.07) is 11.5. The molecule has 1 fully saturated rings. The highest BCUT2D eigenvalue weighted by molar-refractivity contribution is 5.16. The third-order valence-electron chi connectivity index (χ3n) is 3.08. The number of piperidine rings is 1. The van der Waals surface area contributed by atoms with E-state index in [-0.39, 0.29) is 0 Å². The van der Waals surface area contributed by atoms with Crippen LogP contribution in [0.15, 0.2) is 30.3 Å². The molecule has 1 saturated heterocycles. The van der Waals surface area contributed by atoms with Crippen molar-refractivity contribution >= 4 is 0 Å². The van der Waals surface area contributed by atoms with Gasteiger partial charge in [-0.15, -0.1) is 0 Å². The van der Waals surface area contributed by atoms with Gasteiger partial charge in [-0.1, -0.05) is 37.3 Å². The van der Waals surface area contributed by atoms with Gasteiger partial charge in [-0.2, -0.15) is 0 Å². The second-order valence-electron chi connectivity index (χ2n) is 4.47. The van der Waals surface area contributed by atoms with Crippen molar-refractivity contribution in [3.05, 3.63) is 35.9 Å². The van der Waals surface area contributed by atoms with Crippen LogP contribution in [0.2, 0.25) is 0 Å². The van der Waals surface area contributed by atoms with Crippen LogP contribution >= 0.6 is 0 Å². The van der Waals surface area contributed by atoms with E-state index in [4.69, 9.17) is 0 Å². The second-order valence-corrected chi connectivity index (χ2v) is 4.47. The van der Waals surface area contributed by atoms with E-state index in [0.717, 1.165) is 5.92 Å². The summed E-state index contributed by atoms with van der Waals surface area (Å²) in [6.45, 7) is 3.55. The minimum atomic E-state index is 0.696. The Balaban J connectivity index is 1.91. The second kappa shape index (κ2) is 4.61. The van der Waals surface area contributed by atoms with Gasteiger partial charge in [-0.3, -0.25) is 0 Å². The summed E-state index contributed by atoms with van der Waals surface area (Å²) in [6.07, 6.45) is 3.85. The molecule has 0 aliphatic carbocycles. The lowest BCUT2D eigenvalue weighted by Gasteiger charge is -2.28. The first-order chi connectivity index (χ1) is 6.84. The Hall–Kier alpha value is -0.820. The lowest BCUT2D eigenvalue weighted by Crippen LogP contribution is -2.38. The molecular formula is C13H19N. The molecule has 0 radical (unpaired) electrons. The van der Waals surface area contributed by atoms with Crippen LogP contribution < -0.4 is 5.32 Å². The first-order valence-electron chi connectivity index (χ1n) is 5.62. The number of hydrogen-bond donors (Lipinski definition) is 1. The molecule has 2 rings (SSSR count). The summed E-state index contributed by atoms with van der Waals surface area (Å²) in [5, 5.41) is 3.60. The van der Waals surface area contributed by atoms with Crippen LogP contribution in [0.4, 0.5) is 0 Å². The fourth-order valence-corrected chi connectivity index (χ4v) is 2.27. The highest BCUT2D eigenvalue weighted by Crippen LogP contribution is 2.17. The van der Waals surface area contributed by atoms with Crippen LogP contribution in [-0.4, -0.2) is 12.6 Å². The first kappa shape index (κ1) is 9.72. The molecule has 0 amide bonds. The average molecular weight is 189 g/mol. The Bertz CT molecular complexity index is 268. The molecule has 1 heteroatoms. The lowest BCUT2D eigenvalue weighted by molar-refractivity contribution is 0.318. The summed E-state index contributed by atoms with van der Waals surface area (Å²) in [5.74, 6) is 0.893. The Morgan fingerprint density at radius 2 is 2.07 bits per heavy atom. The zero-order valence-corrected chi connectivity index (χ0v) is 8.87. The fourth-order valence-electron chi connectivity index (χ4n) is 2.27. The smallest absolute Gasteiger partial charge is 0.0110 e. The van der Waals surface area contributed by atoms with Crippen molar-refractivity contribution < 1.29 is 0 Å². The Morgan fingerprint density at radius 1 is 1.29 bits per heavy atom. The van der Waals surface area contributed by atoms with Crippen LogP contribution in [0.3, 0.4) is 0 Å². The van der Waals surface area contributed by atoms with E-state index in [0.29, 0.717) is 6.04 Å². The molecule has 14 heavy (non-hydrogen) atoms. The van der Waals surface area contributed by atoms with Gasteiger partial charge in [0, 0.05) is 6.04 Å². The first-order valence-corrected chi connectivity index (χ1v) is 5.62. The van der Waals surface area contributed by atoms with E-state index in [2.05, 4.69) is 42.6 Å². The van der Waals surface area contributed by atoms with Crippen molar-refractivity contribution in [3.8, 4) is 0 Å². The fraction of sp³-hybridized carbons (Fsp3) is 0.538. The van der Waals surface area contributed by atoms with E-state index in [1.807, 2.05) is 0 Å². The van der Waals surface area contributed by atoms with Gasteiger partial charge in [0.05, 0.1) is 0 Å². The van der Waals surface area contributed by atoms with E-state index in [1.54, 1.807) is 0 Å². The van der Waals surface area contributed by atoms with Gasteiger partial charge in [-0.25, -0.2) is 0 Å². The van der Waals surface area contributed by atoms with Crippen molar-refractivity contribution in [1.82, 2.24) is 5.32 Å². The van der Waals surface area contributed by atoms with Gasteiger partial charge in [0.15, 0.2) is 0 Å². The summed E-state index contributed by atoms with van der Waals surface area (Å²) in [7, 11) is 0. The maximum Gasteiger partial charge on any atom is 0.0110 e. The lowest BCUT2D eigenvalue weighted by atomic mass is 9.91. The number of hydrogen-bond acceptors (Lipinski definition) is 1. The SMILES string of the molecule is CC1CCN[C@H](Cc2ccccc2)C1. The van der Waals surface area contributed by atoms with Gasteiger partial charge in [0.25, 0.3) is 0 Å². The van der Waals surface area contributed by atoms with E-state index in [1.165, 1.54) is 31.4 Å². The Kier molecular flexibility index (Phi) is 3.20. The maximum atomic E-state index is 3.60. The molecule has 1 aliphatic heterocycles. The minimum absolute atomic E-state index is 0.696. The highest BCUT2D eigenvalue weighted by Gasteiger charge is 2.17. The summed E-state index contributed by atoms with van der Waals surface area (Å²) < 4.78 is 0. The monoisotopic (exact) mass is 189 g/mol. The quantitative estimate of drug-likeness (QED) is 0.754. The molecular weight excluding hydrogens is 170 g/mol. The minimum Gasteiger partial charge on any atom is -0.314 e. The summed E-state index contributed by atoms with van der Waals surface area (Å²) in [4.78, 5) is 0. The van der Waals surface area contributed by atoms with Crippen molar-refractivity contribution in [3.63, 3.8) is 0 Å². The van der Waals surface area contributed by atoms with E-state index >= 15 is 0 Å². The zero-order valence-electron chi connectivity index (χ0n) is 8.87. The molecule has 1 aromatic carbocycles. The van der Waals surface area contributed by atoms with E-state index in [9.17, 15) is 0 Å². The molecule has 0 aromatic heterocycles. The van der Waals surface area contributed by atoms with Crippen LogP contribution in [0, 0.1) is 5.92 Å². The van der Waals surface area contributed by atoms with Crippen LogP contribution in [-0.2, 0) is 6.42 Å². The third kappa shape index (κ3) is 2.58. The van der Waals surface area contributed by atoms with Crippen LogP contribution in [0.1, 0.15) is 25.3 Å². The van der Waals surface area contributed by atoms with E-state index < -0.39 is 0 Å². The molecule has 2 atom stereocenters. The van der Waals surface area contributed by atoms with Gasteiger partial charge in [0.2, 0.25) is 0 Å². The number of rotatable bonds is 2. The molecule has 1 unspecified atom stereocenters. The summed E-state index contributed by atoms with van der Waals surface area (Å²) in [5.41, 5.74) is 1.46. The predicted octanol–water partition coefficient (Wildman–Crippen LogP) is 2.62. The normalized spacial score (nSPS) is 27.5. The van der Waals surface area contributed by atoms with Crippen molar-refractivity contribution in [2.45, 2.75) is 32.2 Å². The van der Waals surface area contributed by atoms with Crippen molar-refractivity contribution in [2.24, 2.45) is 5.92 Å². The summed E-state index contributed by atoms with van der Waals surface area (Å²) >= 11 is 0. The molecule has 1 heterocycles. The molecule has 0 bridgehead atoms. The van der Waals surface area contributed by atoms with Gasteiger partial charge in [-0.05, 0) is 37.3 Å². The zero-order chi connectivity index (χ0) is 9.80. The largest absolute Gasteiger partial charge is 0.314 e. The third-order valence-corrected chi connectivity index (χ3v) is 3.08. The molecule has 1 N–H and O–H groups in total. The Labute approximate surface area is 86.5 Å².